The van der Waals surface area contributed by atoms with Gasteiger partial charge >= 0.3 is 0 Å². The summed E-state index contributed by atoms with van der Waals surface area (Å²) in [5.41, 5.74) is 2.00. The lowest BCUT2D eigenvalue weighted by atomic mass is 10.0. The number of carbonyl (C=O) groups excluding carboxylic acids is 1. The molecule has 2 aliphatic rings. The molecule has 1 saturated carbocycles. The Bertz CT molecular complexity index is 797. The third-order valence-electron chi connectivity index (χ3n) is 5.28. The summed E-state index contributed by atoms with van der Waals surface area (Å²) in [5, 5.41) is 15.6. The molecule has 6 nitrogen and oxygen atoms in total. The fraction of sp³-hybridized carbons (Fsp3) is 0.500. The third-order valence-corrected chi connectivity index (χ3v) is 5.51. The molecular weight excluding hydrogens is 373 g/mol. The number of benzene rings is 1. The highest BCUT2D eigenvalue weighted by Gasteiger charge is 2.46. The van der Waals surface area contributed by atoms with Crippen LogP contribution in [0.4, 0.5) is 0 Å². The van der Waals surface area contributed by atoms with Gasteiger partial charge in [0, 0.05) is 5.02 Å². The molecule has 0 atom stereocenters. The molecular formula is C18H23Cl2N5O. The molecule has 1 saturated heterocycles. The smallest absolute Gasteiger partial charge is 0.274 e. The van der Waals surface area contributed by atoms with Gasteiger partial charge in [0.1, 0.15) is 0 Å². The molecule has 0 unspecified atom stereocenters. The fourth-order valence-corrected chi connectivity index (χ4v) is 3.81. The lowest BCUT2D eigenvalue weighted by Crippen LogP contribution is -2.35. The number of rotatable bonds is 4. The van der Waals surface area contributed by atoms with E-state index in [0.29, 0.717) is 16.8 Å². The molecule has 4 rings (SSSR count). The first kappa shape index (κ1) is 19.1. The molecule has 1 amide bonds. The Balaban J connectivity index is 0.00000196. The third kappa shape index (κ3) is 3.59. The number of piperidine rings is 1. The molecule has 1 aliphatic heterocycles. The lowest BCUT2D eigenvalue weighted by Gasteiger charge is -2.23. The minimum Gasteiger partial charge on any atom is -0.341 e. The van der Waals surface area contributed by atoms with Crippen LogP contribution in [-0.2, 0) is 5.54 Å². The summed E-state index contributed by atoms with van der Waals surface area (Å²) in [6.45, 7) is 3.88. The van der Waals surface area contributed by atoms with Crippen LogP contribution in [-0.4, -0.2) is 34.0 Å². The molecule has 1 aromatic heterocycles. The van der Waals surface area contributed by atoms with Crippen molar-refractivity contribution in [1.82, 2.24) is 25.6 Å². The van der Waals surface area contributed by atoms with Gasteiger partial charge in [0.25, 0.3) is 5.91 Å². The van der Waals surface area contributed by atoms with Crippen LogP contribution in [0.15, 0.2) is 24.3 Å². The first-order valence-electron chi connectivity index (χ1n) is 8.80. The van der Waals surface area contributed by atoms with Crippen molar-refractivity contribution in [3.63, 3.8) is 0 Å². The molecule has 1 aliphatic carbocycles. The van der Waals surface area contributed by atoms with Crippen LogP contribution in [0.3, 0.4) is 0 Å². The van der Waals surface area contributed by atoms with E-state index >= 15 is 0 Å². The average Bonchev–Trinajstić information content (AvgIpc) is 3.30. The predicted molar refractivity (Wildman–Crippen MR) is 103 cm³/mol. The van der Waals surface area contributed by atoms with Crippen molar-refractivity contribution in [2.75, 3.05) is 13.1 Å². The van der Waals surface area contributed by atoms with Crippen LogP contribution in [0.5, 0.6) is 0 Å². The molecule has 0 radical (unpaired) electrons. The standard InChI is InChI=1S/C18H22ClN5O.ClH/c1-12-16(22-23-24(12)15-5-9-20-10-6-15)17(25)21-18(7-8-18)13-3-2-4-14(19)11-13;/h2-4,11,15,20H,5-10H2,1H3,(H,21,25);1H. The van der Waals surface area contributed by atoms with Gasteiger partial charge in [-0.1, -0.05) is 28.9 Å². The molecule has 2 N–H and O–H groups in total. The second-order valence-corrected chi connectivity index (χ2v) is 7.43. The summed E-state index contributed by atoms with van der Waals surface area (Å²) in [6.07, 6.45) is 3.86. The molecule has 140 valence electrons. The Kier molecular flexibility index (Phi) is 5.55. The number of carbonyl (C=O) groups is 1. The number of hydrogen-bond donors (Lipinski definition) is 2. The van der Waals surface area contributed by atoms with E-state index in [0.717, 1.165) is 50.0 Å². The zero-order valence-corrected chi connectivity index (χ0v) is 16.2. The van der Waals surface area contributed by atoms with E-state index in [9.17, 15) is 4.79 Å². The Hall–Kier alpha value is -1.63. The van der Waals surface area contributed by atoms with E-state index in [-0.39, 0.29) is 23.9 Å². The summed E-state index contributed by atoms with van der Waals surface area (Å²) >= 11 is 6.10. The summed E-state index contributed by atoms with van der Waals surface area (Å²) in [6, 6.07) is 8.02. The molecule has 8 heteroatoms. The summed E-state index contributed by atoms with van der Waals surface area (Å²) in [7, 11) is 0. The maximum atomic E-state index is 12.8. The van der Waals surface area contributed by atoms with Crippen molar-refractivity contribution in [1.29, 1.82) is 0 Å². The summed E-state index contributed by atoms with van der Waals surface area (Å²) in [4.78, 5) is 12.8. The number of halogens is 2. The number of aromatic nitrogens is 3. The molecule has 1 aromatic carbocycles. The zero-order valence-electron chi connectivity index (χ0n) is 14.7. The average molecular weight is 396 g/mol. The maximum Gasteiger partial charge on any atom is 0.274 e. The Labute approximate surface area is 164 Å². The largest absolute Gasteiger partial charge is 0.341 e. The van der Waals surface area contributed by atoms with E-state index in [1.165, 1.54) is 0 Å². The van der Waals surface area contributed by atoms with Gasteiger partial charge in [0.2, 0.25) is 0 Å². The van der Waals surface area contributed by atoms with E-state index in [1.807, 2.05) is 35.9 Å². The predicted octanol–water partition coefficient (Wildman–Crippen LogP) is 3.01. The fourth-order valence-electron chi connectivity index (χ4n) is 3.62. The summed E-state index contributed by atoms with van der Waals surface area (Å²) < 4.78 is 1.91. The van der Waals surface area contributed by atoms with Crippen LogP contribution in [0.1, 0.15) is 53.5 Å². The monoisotopic (exact) mass is 395 g/mol. The minimum absolute atomic E-state index is 0. The van der Waals surface area contributed by atoms with E-state index in [2.05, 4.69) is 20.9 Å². The van der Waals surface area contributed by atoms with Crippen LogP contribution in [0.25, 0.3) is 0 Å². The van der Waals surface area contributed by atoms with Gasteiger partial charge < -0.3 is 10.6 Å². The highest BCUT2D eigenvalue weighted by atomic mass is 35.5. The number of nitrogens with one attached hydrogen (secondary N) is 2. The van der Waals surface area contributed by atoms with Gasteiger partial charge in [0.15, 0.2) is 5.69 Å². The SMILES string of the molecule is Cc1c(C(=O)NC2(c3cccc(Cl)c3)CC2)nnn1C1CCNCC1.Cl. The summed E-state index contributed by atoms with van der Waals surface area (Å²) in [5.74, 6) is -0.157. The van der Waals surface area contributed by atoms with Gasteiger partial charge in [-0.05, 0) is 63.4 Å². The number of amides is 1. The first-order valence-corrected chi connectivity index (χ1v) is 9.18. The van der Waals surface area contributed by atoms with E-state index < -0.39 is 0 Å². The first-order chi connectivity index (χ1) is 12.1. The number of nitrogens with zero attached hydrogens (tertiary/aromatic N) is 3. The van der Waals surface area contributed by atoms with Gasteiger partial charge in [-0.15, -0.1) is 17.5 Å². The molecule has 2 aromatic rings. The van der Waals surface area contributed by atoms with Crippen LogP contribution < -0.4 is 10.6 Å². The molecule has 0 bridgehead atoms. The van der Waals surface area contributed by atoms with Crippen molar-refractivity contribution in [3.05, 3.63) is 46.2 Å². The van der Waals surface area contributed by atoms with Crippen LogP contribution >= 0.6 is 24.0 Å². The Morgan fingerprint density at radius 3 is 2.73 bits per heavy atom. The molecule has 2 fully saturated rings. The topological polar surface area (TPSA) is 71.8 Å². The second kappa shape index (κ2) is 7.55. The van der Waals surface area contributed by atoms with Gasteiger partial charge in [-0.3, -0.25) is 4.79 Å². The normalized spacial score (nSPS) is 18.8. The van der Waals surface area contributed by atoms with E-state index in [4.69, 9.17) is 11.6 Å². The second-order valence-electron chi connectivity index (χ2n) is 7.00. The van der Waals surface area contributed by atoms with Crippen molar-refractivity contribution in [2.45, 2.75) is 44.2 Å². The van der Waals surface area contributed by atoms with Gasteiger partial charge in [0.05, 0.1) is 17.3 Å². The van der Waals surface area contributed by atoms with Crippen molar-refractivity contribution in [3.8, 4) is 0 Å². The van der Waals surface area contributed by atoms with Crippen molar-refractivity contribution in [2.24, 2.45) is 0 Å². The highest BCUT2D eigenvalue weighted by Crippen LogP contribution is 2.46. The molecule has 26 heavy (non-hydrogen) atoms. The quantitative estimate of drug-likeness (QED) is 0.834. The van der Waals surface area contributed by atoms with Crippen molar-refractivity contribution >= 4 is 29.9 Å². The highest BCUT2D eigenvalue weighted by molar-refractivity contribution is 6.30. The van der Waals surface area contributed by atoms with E-state index in [1.54, 1.807) is 0 Å². The minimum atomic E-state index is -0.313. The maximum absolute atomic E-state index is 12.8. The van der Waals surface area contributed by atoms with Gasteiger partial charge in [-0.2, -0.15) is 0 Å². The molecule has 0 spiro atoms. The van der Waals surface area contributed by atoms with Crippen LogP contribution in [0, 0.1) is 6.92 Å². The lowest BCUT2D eigenvalue weighted by molar-refractivity contribution is 0.0925. The van der Waals surface area contributed by atoms with Crippen LogP contribution in [0.2, 0.25) is 5.02 Å². The Morgan fingerprint density at radius 1 is 1.35 bits per heavy atom. The Morgan fingerprint density at radius 2 is 2.08 bits per heavy atom. The van der Waals surface area contributed by atoms with Gasteiger partial charge in [-0.25, -0.2) is 4.68 Å². The molecule has 2 heterocycles. The zero-order chi connectivity index (χ0) is 17.4. The van der Waals surface area contributed by atoms with Crippen molar-refractivity contribution < 1.29 is 4.79 Å². The number of hydrogen-bond acceptors (Lipinski definition) is 4.